The van der Waals surface area contributed by atoms with Gasteiger partial charge >= 0.3 is 0 Å². The van der Waals surface area contributed by atoms with Crippen molar-refractivity contribution in [2.75, 3.05) is 0 Å². The second-order valence-electron chi connectivity index (χ2n) is 10.1. The molecule has 3 atom stereocenters. The van der Waals surface area contributed by atoms with E-state index in [1.807, 2.05) is 0 Å². The first-order chi connectivity index (χ1) is 11.5. The van der Waals surface area contributed by atoms with Crippen molar-refractivity contribution in [3.63, 3.8) is 0 Å². The van der Waals surface area contributed by atoms with Gasteiger partial charge in [-0.1, -0.05) is 19.3 Å². The van der Waals surface area contributed by atoms with Crippen LogP contribution < -0.4 is 0 Å². The van der Waals surface area contributed by atoms with Crippen molar-refractivity contribution in [3.05, 3.63) is 0 Å². The number of fused-ring (bicyclic) bond motifs is 1. The average molecular weight is 416 g/mol. The van der Waals surface area contributed by atoms with E-state index in [4.69, 9.17) is 13.0 Å². The quantitative estimate of drug-likeness (QED) is 0.255. The molecule has 0 aromatic carbocycles. The topological polar surface area (TPSA) is 31.0 Å². The molecule has 25 heavy (non-hydrogen) atoms. The Morgan fingerprint density at radius 3 is 2.04 bits per heavy atom. The van der Waals surface area contributed by atoms with E-state index >= 15 is 0 Å². The smallest absolute Gasteiger partial charge is 0.230 e. The molecular weight excluding hydrogens is 377 g/mol. The predicted molar refractivity (Wildman–Crippen MR) is 115 cm³/mol. The van der Waals surface area contributed by atoms with Gasteiger partial charge in [-0.3, -0.25) is 0 Å². The van der Waals surface area contributed by atoms with Crippen LogP contribution >= 0.6 is 0 Å². The second-order valence-corrected chi connectivity index (χ2v) is 23.8. The van der Waals surface area contributed by atoms with Gasteiger partial charge in [0, 0.05) is 0 Å². The highest BCUT2D eigenvalue weighted by molar-refractivity contribution is 6.84. The average Bonchev–Trinajstić information content (AvgIpc) is 3.27. The first kappa shape index (κ1) is 22.0. The molecule has 1 aliphatic heterocycles. The Hall–Kier alpha value is 0.748. The lowest BCUT2D eigenvalue weighted by molar-refractivity contribution is 0.355. The van der Waals surface area contributed by atoms with E-state index in [9.17, 15) is 0 Å². The minimum Gasteiger partial charge on any atom is -0.457 e. The molecule has 0 aromatic heterocycles. The summed E-state index contributed by atoms with van der Waals surface area (Å²) >= 11 is 0. The normalized spacial score (nSPS) is 27.2. The van der Waals surface area contributed by atoms with E-state index in [2.05, 4.69) is 49.8 Å². The van der Waals surface area contributed by atoms with Gasteiger partial charge in [0.2, 0.25) is 10.5 Å². The van der Waals surface area contributed by atoms with Crippen LogP contribution in [-0.2, 0) is 13.0 Å². The fraction of sp³-hybridized carbons (Fsp3) is 1.00. The number of rotatable bonds is 11. The largest absolute Gasteiger partial charge is 0.457 e. The Bertz CT molecular complexity index is 429. The monoisotopic (exact) mass is 415 g/mol. The zero-order valence-electron chi connectivity index (χ0n) is 17.3. The Labute approximate surface area is 162 Å². The molecule has 2 fully saturated rings. The molecule has 2 rings (SSSR count). The standard InChI is InChI=1S/C18H39O3Si4/c1-23(2,20-22)12-7-8-13-24(3,4)21-25(5,6)14-11-16-9-10-17-18(15-16)19-17/h16-18H,7-15H2,1-6H3. The van der Waals surface area contributed by atoms with E-state index in [1.165, 1.54) is 56.7 Å². The number of hydrogen-bond acceptors (Lipinski definition) is 3. The lowest BCUT2D eigenvalue weighted by Crippen LogP contribution is -2.44. The number of unbranched alkanes of at least 4 members (excludes halogenated alkanes) is 1. The van der Waals surface area contributed by atoms with Crippen LogP contribution in [0, 0.1) is 5.92 Å². The zero-order valence-corrected chi connectivity index (χ0v) is 21.3. The summed E-state index contributed by atoms with van der Waals surface area (Å²) in [7, 11) is -1.29. The van der Waals surface area contributed by atoms with Crippen molar-refractivity contribution >= 4 is 35.4 Å². The summed E-state index contributed by atoms with van der Waals surface area (Å²) in [6.07, 6.45) is 9.16. The van der Waals surface area contributed by atoms with Crippen molar-refractivity contribution in [2.45, 2.75) is 108 Å². The van der Waals surface area contributed by atoms with Crippen LogP contribution in [-0.4, -0.2) is 47.6 Å². The summed E-state index contributed by atoms with van der Waals surface area (Å²) in [4.78, 5) is 0. The van der Waals surface area contributed by atoms with Crippen molar-refractivity contribution in [2.24, 2.45) is 5.92 Å². The van der Waals surface area contributed by atoms with E-state index in [-0.39, 0.29) is 0 Å². The molecule has 0 spiro atoms. The summed E-state index contributed by atoms with van der Waals surface area (Å²) in [5, 5.41) is 0. The molecule has 145 valence electrons. The Kier molecular flexibility index (Phi) is 7.79. The van der Waals surface area contributed by atoms with Gasteiger partial charge in [0.1, 0.15) is 0 Å². The molecule has 3 nitrogen and oxygen atoms in total. The van der Waals surface area contributed by atoms with Crippen molar-refractivity contribution in [3.8, 4) is 0 Å². The van der Waals surface area contributed by atoms with Gasteiger partial charge in [0.05, 0.1) is 12.2 Å². The van der Waals surface area contributed by atoms with Crippen molar-refractivity contribution < 1.29 is 13.0 Å². The van der Waals surface area contributed by atoms with Crippen LogP contribution in [0.1, 0.15) is 38.5 Å². The van der Waals surface area contributed by atoms with Gasteiger partial charge in [0.25, 0.3) is 0 Å². The van der Waals surface area contributed by atoms with Gasteiger partial charge in [0.15, 0.2) is 25.0 Å². The van der Waals surface area contributed by atoms with Crippen LogP contribution in [0.3, 0.4) is 0 Å². The molecule has 7 heteroatoms. The highest BCUT2D eigenvalue weighted by Crippen LogP contribution is 2.41. The van der Waals surface area contributed by atoms with Crippen LogP contribution in [0.25, 0.3) is 0 Å². The fourth-order valence-electron chi connectivity index (χ4n) is 4.30. The maximum Gasteiger partial charge on any atom is 0.230 e. The molecule has 2 aliphatic rings. The first-order valence-electron chi connectivity index (χ1n) is 10.2. The van der Waals surface area contributed by atoms with E-state index in [1.54, 1.807) is 0 Å². The van der Waals surface area contributed by atoms with Gasteiger partial charge < -0.3 is 13.0 Å². The van der Waals surface area contributed by atoms with Crippen LogP contribution in [0.5, 0.6) is 0 Å². The molecule has 0 N–H and O–H groups in total. The summed E-state index contributed by atoms with van der Waals surface area (Å²) in [5.74, 6) is 0.889. The Balaban J connectivity index is 1.66. The lowest BCUT2D eigenvalue weighted by atomic mass is 9.88. The van der Waals surface area contributed by atoms with Gasteiger partial charge in [-0.2, -0.15) is 0 Å². The van der Waals surface area contributed by atoms with E-state index in [0.29, 0.717) is 12.2 Å². The maximum absolute atomic E-state index is 6.83. The van der Waals surface area contributed by atoms with E-state index in [0.717, 1.165) is 5.92 Å². The van der Waals surface area contributed by atoms with Gasteiger partial charge in [-0.15, -0.1) is 0 Å². The molecule has 1 aliphatic carbocycles. The summed E-state index contributed by atoms with van der Waals surface area (Å²) in [5.41, 5.74) is 0. The number of hydrogen-bond donors (Lipinski definition) is 0. The number of ether oxygens (including phenoxy) is 1. The van der Waals surface area contributed by atoms with Crippen molar-refractivity contribution in [1.29, 1.82) is 0 Å². The highest BCUT2D eigenvalue weighted by atomic mass is 28.4. The molecular formula is C18H39O3Si4. The third-order valence-corrected chi connectivity index (χ3v) is 17.1. The van der Waals surface area contributed by atoms with Crippen molar-refractivity contribution in [1.82, 2.24) is 0 Å². The predicted octanol–water partition coefficient (Wildman–Crippen LogP) is 5.46. The molecule has 0 bridgehead atoms. The highest BCUT2D eigenvalue weighted by Gasteiger charge is 2.44. The second kappa shape index (κ2) is 8.83. The SMILES string of the molecule is C[Si](C)(CCCC[Si](C)(C)O[Si](C)(C)CCC1CCC2OC2C1)O[Si]. The maximum atomic E-state index is 6.83. The summed E-state index contributed by atoms with van der Waals surface area (Å²) in [6, 6.07) is 3.84. The molecule has 1 saturated carbocycles. The molecule has 0 amide bonds. The minimum absolute atomic E-state index is 0.617. The molecule has 3 radical (unpaired) electrons. The molecule has 0 aromatic rings. The van der Waals surface area contributed by atoms with Crippen LogP contribution in [0.4, 0.5) is 0 Å². The Morgan fingerprint density at radius 2 is 1.44 bits per heavy atom. The fourth-order valence-corrected chi connectivity index (χ4v) is 14.8. The van der Waals surface area contributed by atoms with Gasteiger partial charge in [-0.25, -0.2) is 0 Å². The lowest BCUT2D eigenvalue weighted by Gasteiger charge is -2.35. The molecule has 3 unspecified atom stereocenters. The molecule has 1 saturated heterocycles. The minimum atomic E-state index is -1.54. The third-order valence-electron chi connectivity index (χ3n) is 5.90. The van der Waals surface area contributed by atoms with Gasteiger partial charge in [-0.05, 0) is 82.6 Å². The summed E-state index contributed by atoms with van der Waals surface area (Å²) in [6.45, 7) is 14.3. The van der Waals surface area contributed by atoms with Crippen LogP contribution in [0.2, 0.25) is 57.4 Å². The first-order valence-corrected chi connectivity index (χ1v) is 20.0. The summed E-state index contributed by atoms with van der Waals surface area (Å²) < 4.78 is 18.0. The molecule has 1 heterocycles. The third kappa shape index (κ3) is 8.11. The van der Waals surface area contributed by atoms with E-state index < -0.39 is 25.0 Å². The zero-order chi connectivity index (χ0) is 18.7. The number of epoxide rings is 1. The Morgan fingerprint density at radius 1 is 0.840 bits per heavy atom. The van der Waals surface area contributed by atoms with Crippen LogP contribution in [0.15, 0.2) is 0 Å².